The van der Waals surface area contributed by atoms with Gasteiger partial charge in [0.25, 0.3) is 0 Å². The highest BCUT2D eigenvalue weighted by Crippen LogP contribution is 2.29. The summed E-state index contributed by atoms with van der Waals surface area (Å²) < 4.78 is 5.42. The highest BCUT2D eigenvalue weighted by atomic mass is 35.5. The minimum Gasteiger partial charge on any atom is -0.378 e. The van der Waals surface area contributed by atoms with Crippen LogP contribution in [0.25, 0.3) is 0 Å². The van der Waals surface area contributed by atoms with Crippen LogP contribution in [-0.4, -0.2) is 61.9 Å². The summed E-state index contributed by atoms with van der Waals surface area (Å²) in [4.78, 5) is 14.1. The predicted molar refractivity (Wildman–Crippen MR) is 96.4 cm³/mol. The Bertz CT molecular complexity index is 515. The van der Waals surface area contributed by atoms with Gasteiger partial charge in [-0.25, -0.2) is 4.98 Å². The van der Waals surface area contributed by atoms with E-state index in [0.717, 1.165) is 62.8 Å². The summed E-state index contributed by atoms with van der Waals surface area (Å²) in [5.74, 6) is 2.73. The normalized spacial score (nSPS) is 26.5. The Hall–Kier alpha value is -0.820. The lowest BCUT2D eigenvalue weighted by molar-refractivity contribution is 0.122. The maximum Gasteiger partial charge on any atom is 0.227 e. The van der Waals surface area contributed by atoms with Crippen molar-refractivity contribution in [2.24, 2.45) is 5.92 Å². The van der Waals surface area contributed by atoms with E-state index < -0.39 is 0 Å². The van der Waals surface area contributed by atoms with Gasteiger partial charge in [-0.15, -0.1) is 24.8 Å². The van der Waals surface area contributed by atoms with Crippen LogP contribution in [0.1, 0.15) is 12.1 Å². The number of ether oxygens (including phenoxy) is 1. The molecule has 4 rings (SSSR count). The van der Waals surface area contributed by atoms with Crippen LogP contribution in [0.5, 0.6) is 0 Å². The molecule has 0 amide bonds. The molecule has 130 valence electrons. The molecule has 0 spiro atoms. The second kappa shape index (κ2) is 7.83. The fourth-order valence-corrected chi connectivity index (χ4v) is 3.64. The minimum atomic E-state index is 0. The van der Waals surface area contributed by atoms with Crippen molar-refractivity contribution in [1.29, 1.82) is 0 Å². The van der Waals surface area contributed by atoms with Gasteiger partial charge in [0.2, 0.25) is 5.95 Å². The summed E-state index contributed by atoms with van der Waals surface area (Å²) in [6, 6.07) is 2.76. The van der Waals surface area contributed by atoms with Crippen molar-refractivity contribution in [2.45, 2.75) is 19.4 Å². The first-order valence-corrected chi connectivity index (χ1v) is 7.96. The van der Waals surface area contributed by atoms with Gasteiger partial charge >= 0.3 is 0 Å². The zero-order chi connectivity index (χ0) is 14.2. The highest BCUT2D eigenvalue weighted by molar-refractivity contribution is 5.85. The van der Waals surface area contributed by atoms with E-state index in [9.17, 15) is 0 Å². The molecule has 23 heavy (non-hydrogen) atoms. The number of aromatic nitrogens is 2. The van der Waals surface area contributed by atoms with Gasteiger partial charge in [-0.2, -0.15) is 4.98 Å². The number of fused-ring (bicyclic) bond motifs is 1. The third-order valence-electron chi connectivity index (χ3n) is 4.81. The highest BCUT2D eigenvalue weighted by Gasteiger charge is 2.36. The largest absolute Gasteiger partial charge is 0.378 e. The SMILES string of the molecule is Cc1cc(N2C[C@@H]3CCN[C@@H]3C2)nc(N2CCOCC2)n1.Cl.Cl. The molecule has 2 atom stereocenters. The molecule has 0 radical (unpaired) electrons. The van der Waals surface area contributed by atoms with Crippen molar-refractivity contribution in [2.75, 3.05) is 55.7 Å². The van der Waals surface area contributed by atoms with Gasteiger partial charge < -0.3 is 19.9 Å². The summed E-state index contributed by atoms with van der Waals surface area (Å²) in [7, 11) is 0. The topological polar surface area (TPSA) is 53.5 Å². The lowest BCUT2D eigenvalue weighted by Gasteiger charge is -2.28. The molecule has 1 aromatic rings. The predicted octanol–water partition coefficient (Wildman–Crippen LogP) is 1.26. The van der Waals surface area contributed by atoms with Gasteiger partial charge in [0.1, 0.15) is 5.82 Å². The molecule has 1 N–H and O–H groups in total. The number of nitrogens with zero attached hydrogens (tertiary/aromatic N) is 4. The van der Waals surface area contributed by atoms with Crippen LogP contribution in [0.2, 0.25) is 0 Å². The summed E-state index contributed by atoms with van der Waals surface area (Å²) in [5.41, 5.74) is 1.05. The summed E-state index contributed by atoms with van der Waals surface area (Å²) in [6.07, 6.45) is 1.29. The Morgan fingerprint density at radius 3 is 2.65 bits per heavy atom. The molecule has 0 aliphatic carbocycles. The average Bonchev–Trinajstić information content (AvgIpc) is 3.09. The van der Waals surface area contributed by atoms with Crippen molar-refractivity contribution in [1.82, 2.24) is 15.3 Å². The fourth-order valence-electron chi connectivity index (χ4n) is 3.64. The van der Waals surface area contributed by atoms with Crippen LogP contribution >= 0.6 is 24.8 Å². The number of halogens is 2. The molecule has 3 saturated heterocycles. The van der Waals surface area contributed by atoms with Gasteiger partial charge in [-0.05, 0) is 25.8 Å². The first kappa shape index (κ1) is 18.5. The minimum absolute atomic E-state index is 0. The molecule has 0 aromatic carbocycles. The van der Waals surface area contributed by atoms with Gasteiger partial charge in [-0.1, -0.05) is 0 Å². The van der Waals surface area contributed by atoms with E-state index in [1.165, 1.54) is 13.0 Å². The summed E-state index contributed by atoms with van der Waals surface area (Å²) in [5, 5.41) is 3.60. The maximum absolute atomic E-state index is 5.42. The zero-order valence-corrected chi connectivity index (χ0v) is 15.0. The standard InChI is InChI=1S/C15H23N5O.2ClH/c1-11-8-14(20-9-12-2-3-16-13(12)10-20)18-15(17-11)19-4-6-21-7-5-19;;/h8,12-13,16H,2-7,9-10H2,1H3;2*1H/t12-,13+;;/m0../s1. The molecule has 3 aliphatic heterocycles. The Labute approximate surface area is 149 Å². The van der Waals surface area contributed by atoms with Crippen molar-refractivity contribution < 1.29 is 4.74 Å². The number of hydrogen-bond donors (Lipinski definition) is 1. The van der Waals surface area contributed by atoms with E-state index in [0.29, 0.717) is 6.04 Å². The third-order valence-corrected chi connectivity index (χ3v) is 4.81. The average molecular weight is 362 g/mol. The molecular weight excluding hydrogens is 337 g/mol. The smallest absolute Gasteiger partial charge is 0.227 e. The zero-order valence-electron chi connectivity index (χ0n) is 13.4. The van der Waals surface area contributed by atoms with Crippen LogP contribution in [0.3, 0.4) is 0 Å². The van der Waals surface area contributed by atoms with Crippen molar-refractivity contribution in [3.8, 4) is 0 Å². The molecule has 8 heteroatoms. The number of hydrogen-bond acceptors (Lipinski definition) is 6. The number of anilines is 2. The van der Waals surface area contributed by atoms with Crippen LogP contribution < -0.4 is 15.1 Å². The fraction of sp³-hybridized carbons (Fsp3) is 0.733. The van der Waals surface area contributed by atoms with E-state index >= 15 is 0 Å². The Morgan fingerprint density at radius 2 is 1.91 bits per heavy atom. The number of nitrogens with one attached hydrogen (secondary N) is 1. The van der Waals surface area contributed by atoms with Crippen LogP contribution in [0, 0.1) is 12.8 Å². The van der Waals surface area contributed by atoms with Crippen molar-refractivity contribution >= 4 is 36.6 Å². The molecular formula is C15H25Cl2N5O. The maximum atomic E-state index is 5.42. The van der Waals surface area contributed by atoms with E-state index in [4.69, 9.17) is 9.72 Å². The van der Waals surface area contributed by atoms with Crippen LogP contribution in [0.15, 0.2) is 6.07 Å². The van der Waals surface area contributed by atoms with Gasteiger partial charge in [0.05, 0.1) is 13.2 Å². The molecule has 6 nitrogen and oxygen atoms in total. The molecule has 3 aliphatic rings. The number of rotatable bonds is 2. The van der Waals surface area contributed by atoms with Gasteiger partial charge in [0, 0.05) is 44.0 Å². The summed E-state index contributed by atoms with van der Waals surface area (Å²) >= 11 is 0. The van der Waals surface area contributed by atoms with Crippen molar-refractivity contribution in [3.63, 3.8) is 0 Å². The Balaban J connectivity index is 0.000000960. The number of morpholine rings is 1. The third kappa shape index (κ3) is 3.82. The molecule has 4 heterocycles. The number of aryl methyl sites for hydroxylation is 1. The Kier molecular flexibility index (Phi) is 6.31. The monoisotopic (exact) mass is 361 g/mol. The first-order valence-electron chi connectivity index (χ1n) is 7.96. The van der Waals surface area contributed by atoms with E-state index in [1.807, 2.05) is 0 Å². The van der Waals surface area contributed by atoms with Crippen molar-refractivity contribution in [3.05, 3.63) is 11.8 Å². The first-order chi connectivity index (χ1) is 10.3. The quantitative estimate of drug-likeness (QED) is 0.855. The Morgan fingerprint density at radius 1 is 1.13 bits per heavy atom. The van der Waals surface area contributed by atoms with Gasteiger partial charge in [-0.3, -0.25) is 0 Å². The van der Waals surface area contributed by atoms with Gasteiger partial charge in [0.15, 0.2) is 0 Å². The molecule has 0 unspecified atom stereocenters. The molecule has 1 aromatic heterocycles. The van der Waals surface area contributed by atoms with E-state index in [2.05, 4.69) is 33.1 Å². The molecule has 0 saturated carbocycles. The second-order valence-corrected chi connectivity index (χ2v) is 6.28. The van der Waals surface area contributed by atoms with Crippen LogP contribution in [-0.2, 0) is 4.74 Å². The van der Waals surface area contributed by atoms with E-state index in [-0.39, 0.29) is 24.8 Å². The summed E-state index contributed by atoms with van der Waals surface area (Å²) in [6.45, 7) is 8.73. The van der Waals surface area contributed by atoms with E-state index in [1.54, 1.807) is 0 Å². The van der Waals surface area contributed by atoms with Crippen LogP contribution in [0.4, 0.5) is 11.8 Å². The molecule has 3 fully saturated rings. The lowest BCUT2D eigenvalue weighted by atomic mass is 10.1. The lowest BCUT2D eigenvalue weighted by Crippen LogP contribution is -2.38. The second-order valence-electron chi connectivity index (χ2n) is 6.28. The molecule has 0 bridgehead atoms.